The highest BCUT2D eigenvalue weighted by molar-refractivity contribution is 7.99. The summed E-state index contributed by atoms with van der Waals surface area (Å²) in [7, 11) is 1.70. The summed E-state index contributed by atoms with van der Waals surface area (Å²) in [6, 6.07) is 13.6. The number of rotatable bonds is 12. The molecule has 164 valence electrons. The van der Waals surface area contributed by atoms with Crippen LogP contribution in [0.15, 0.2) is 69.6 Å². The van der Waals surface area contributed by atoms with Crippen molar-refractivity contribution < 1.29 is 4.74 Å². The van der Waals surface area contributed by atoms with Crippen molar-refractivity contribution in [3.8, 4) is 0 Å². The fourth-order valence-electron chi connectivity index (χ4n) is 3.12. The molecule has 1 aromatic carbocycles. The van der Waals surface area contributed by atoms with Crippen LogP contribution in [0.4, 0.5) is 0 Å². The molecule has 7 heteroatoms. The zero-order valence-electron chi connectivity index (χ0n) is 17.9. The van der Waals surface area contributed by atoms with Gasteiger partial charge in [0.2, 0.25) is 0 Å². The maximum atomic E-state index is 12.3. The second kappa shape index (κ2) is 12.3. The standard InChI is InChI=1S/C24H29N3O3S/c1-27-12-11-20(16-22(27)28)15-21-17-25-24(26-23(21)29)31-14-8-3-2-7-13-30-18-19-9-5-4-6-10-19/h4-6,9-12,16-17H,2-3,7-8,13-15,18H2,1H3,(H,25,26,29). The summed E-state index contributed by atoms with van der Waals surface area (Å²) in [5.41, 5.74) is 2.35. The van der Waals surface area contributed by atoms with Crippen LogP contribution in [0.25, 0.3) is 0 Å². The summed E-state index contributed by atoms with van der Waals surface area (Å²) in [4.78, 5) is 31.3. The number of hydrogen-bond donors (Lipinski definition) is 1. The van der Waals surface area contributed by atoms with Gasteiger partial charge < -0.3 is 14.3 Å². The molecule has 0 radical (unpaired) electrons. The molecule has 31 heavy (non-hydrogen) atoms. The van der Waals surface area contributed by atoms with Gasteiger partial charge in [-0.3, -0.25) is 9.59 Å². The van der Waals surface area contributed by atoms with Crippen molar-refractivity contribution in [2.75, 3.05) is 12.4 Å². The van der Waals surface area contributed by atoms with Gasteiger partial charge in [0.05, 0.1) is 6.61 Å². The molecule has 0 saturated carbocycles. The average molecular weight is 440 g/mol. The maximum Gasteiger partial charge on any atom is 0.255 e. The third-order valence-corrected chi connectivity index (χ3v) is 5.92. The van der Waals surface area contributed by atoms with Gasteiger partial charge in [0.25, 0.3) is 11.1 Å². The number of ether oxygens (including phenoxy) is 1. The molecular formula is C24H29N3O3S. The number of hydrogen-bond acceptors (Lipinski definition) is 5. The van der Waals surface area contributed by atoms with Crippen molar-refractivity contribution in [2.24, 2.45) is 7.05 Å². The van der Waals surface area contributed by atoms with Crippen molar-refractivity contribution in [1.29, 1.82) is 0 Å². The summed E-state index contributed by atoms with van der Waals surface area (Å²) in [5, 5.41) is 0.643. The van der Waals surface area contributed by atoms with E-state index in [-0.39, 0.29) is 11.1 Å². The van der Waals surface area contributed by atoms with Crippen LogP contribution in [0.2, 0.25) is 0 Å². The smallest absolute Gasteiger partial charge is 0.255 e. The van der Waals surface area contributed by atoms with E-state index in [4.69, 9.17) is 4.74 Å². The Morgan fingerprint density at radius 2 is 1.84 bits per heavy atom. The zero-order chi connectivity index (χ0) is 21.9. The molecule has 2 aromatic heterocycles. The Bertz CT molecular complexity index is 1060. The van der Waals surface area contributed by atoms with Crippen LogP contribution in [0, 0.1) is 0 Å². The number of aromatic nitrogens is 3. The molecule has 2 heterocycles. The minimum absolute atomic E-state index is 0.0863. The van der Waals surface area contributed by atoms with Gasteiger partial charge in [0, 0.05) is 49.9 Å². The Kier molecular flexibility index (Phi) is 9.12. The lowest BCUT2D eigenvalue weighted by Gasteiger charge is -2.05. The second-order valence-corrected chi connectivity index (χ2v) is 8.59. The van der Waals surface area contributed by atoms with Crippen molar-refractivity contribution in [1.82, 2.24) is 14.5 Å². The molecule has 6 nitrogen and oxygen atoms in total. The van der Waals surface area contributed by atoms with Crippen LogP contribution in [-0.4, -0.2) is 26.9 Å². The molecule has 0 fully saturated rings. The number of aryl methyl sites for hydroxylation is 1. The normalized spacial score (nSPS) is 11.0. The minimum Gasteiger partial charge on any atom is -0.377 e. The van der Waals surface area contributed by atoms with Gasteiger partial charge in [-0.25, -0.2) is 4.98 Å². The monoisotopic (exact) mass is 439 g/mol. The topological polar surface area (TPSA) is 77.0 Å². The summed E-state index contributed by atoms with van der Waals surface area (Å²) in [6.45, 7) is 1.46. The SMILES string of the molecule is Cn1ccc(Cc2cnc(SCCCCCCOCc3ccccc3)[nH]c2=O)cc1=O. The third-order valence-electron chi connectivity index (χ3n) is 4.95. The number of benzene rings is 1. The molecular weight excluding hydrogens is 410 g/mol. The highest BCUT2D eigenvalue weighted by atomic mass is 32.2. The lowest BCUT2D eigenvalue weighted by Crippen LogP contribution is -2.18. The molecule has 0 aliphatic carbocycles. The van der Waals surface area contributed by atoms with Crippen LogP contribution < -0.4 is 11.1 Å². The number of unbranched alkanes of at least 4 members (excludes halogenated alkanes) is 3. The van der Waals surface area contributed by atoms with Gasteiger partial charge in [-0.1, -0.05) is 54.9 Å². The van der Waals surface area contributed by atoms with E-state index in [9.17, 15) is 9.59 Å². The highest BCUT2D eigenvalue weighted by Gasteiger charge is 2.06. The summed E-state index contributed by atoms with van der Waals surface area (Å²) >= 11 is 1.57. The van der Waals surface area contributed by atoms with Gasteiger partial charge in [0.1, 0.15) is 0 Å². The van der Waals surface area contributed by atoms with Gasteiger partial charge in [-0.05, 0) is 30.0 Å². The Balaban J connectivity index is 1.31. The van der Waals surface area contributed by atoms with Crippen molar-refractivity contribution in [3.63, 3.8) is 0 Å². The maximum absolute atomic E-state index is 12.3. The number of thioether (sulfide) groups is 1. The van der Waals surface area contributed by atoms with Crippen LogP contribution in [0.3, 0.4) is 0 Å². The number of aromatic amines is 1. The molecule has 0 atom stereocenters. The van der Waals surface area contributed by atoms with Crippen LogP contribution in [-0.2, 0) is 24.8 Å². The van der Waals surface area contributed by atoms with Crippen LogP contribution in [0.1, 0.15) is 42.4 Å². The molecule has 0 unspecified atom stereocenters. The first-order valence-corrected chi connectivity index (χ1v) is 11.6. The molecule has 0 spiro atoms. The zero-order valence-corrected chi connectivity index (χ0v) is 18.7. The molecule has 0 bridgehead atoms. The lowest BCUT2D eigenvalue weighted by atomic mass is 10.1. The second-order valence-electron chi connectivity index (χ2n) is 7.50. The third kappa shape index (κ3) is 7.84. The van der Waals surface area contributed by atoms with E-state index in [1.54, 1.807) is 37.3 Å². The number of pyridine rings is 1. The number of H-pyrrole nitrogens is 1. The largest absolute Gasteiger partial charge is 0.377 e. The van der Waals surface area contributed by atoms with E-state index in [1.165, 1.54) is 10.1 Å². The molecule has 3 aromatic rings. The molecule has 3 rings (SSSR count). The first kappa shape index (κ1) is 23.0. The average Bonchev–Trinajstić information content (AvgIpc) is 2.77. The minimum atomic E-state index is -0.145. The van der Waals surface area contributed by atoms with Crippen molar-refractivity contribution in [2.45, 2.75) is 43.9 Å². The summed E-state index contributed by atoms with van der Waals surface area (Å²) < 4.78 is 7.20. The van der Waals surface area contributed by atoms with E-state index in [0.717, 1.165) is 43.6 Å². The summed E-state index contributed by atoms with van der Waals surface area (Å²) in [6.07, 6.45) is 8.12. The van der Waals surface area contributed by atoms with Gasteiger partial charge in [-0.15, -0.1) is 0 Å². The molecule has 0 saturated heterocycles. The van der Waals surface area contributed by atoms with Crippen molar-refractivity contribution >= 4 is 11.8 Å². The fraction of sp³-hybridized carbons (Fsp3) is 0.375. The Morgan fingerprint density at radius 1 is 1.03 bits per heavy atom. The molecule has 0 amide bonds. The van der Waals surface area contributed by atoms with Crippen molar-refractivity contribution in [3.05, 3.63) is 92.3 Å². The number of nitrogens with one attached hydrogen (secondary N) is 1. The predicted molar refractivity (Wildman–Crippen MR) is 125 cm³/mol. The Hall–Kier alpha value is -2.64. The highest BCUT2D eigenvalue weighted by Crippen LogP contribution is 2.15. The van der Waals surface area contributed by atoms with E-state index in [2.05, 4.69) is 22.1 Å². The van der Waals surface area contributed by atoms with E-state index in [0.29, 0.717) is 23.7 Å². The quantitative estimate of drug-likeness (QED) is 0.263. The first-order valence-electron chi connectivity index (χ1n) is 10.6. The van der Waals surface area contributed by atoms with E-state index in [1.807, 2.05) is 24.3 Å². The van der Waals surface area contributed by atoms with Gasteiger partial charge >= 0.3 is 0 Å². The van der Waals surface area contributed by atoms with Gasteiger partial charge in [0.15, 0.2) is 5.16 Å². The van der Waals surface area contributed by atoms with Gasteiger partial charge in [-0.2, -0.15) is 0 Å². The van der Waals surface area contributed by atoms with Crippen LogP contribution >= 0.6 is 11.8 Å². The first-order chi connectivity index (χ1) is 15.1. The number of nitrogens with zero attached hydrogens (tertiary/aromatic N) is 2. The Labute approximate surface area is 186 Å². The summed E-state index contributed by atoms with van der Waals surface area (Å²) in [5.74, 6) is 0.919. The lowest BCUT2D eigenvalue weighted by molar-refractivity contribution is 0.117. The van der Waals surface area contributed by atoms with E-state index < -0.39 is 0 Å². The molecule has 1 N–H and O–H groups in total. The van der Waals surface area contributed by atoms with E-state index >= 15 is 0 Å². The molecule has 0 aliphatic rings. The fourth-order valence-corrected chi connectivity index (χ4v) is 3.95. The Morgan fingerprint density at radius 3 is 2.61 bits per heavy atom. The molecule has 0 aliphatic heterocycles. The predicted octanol–water partition coefficient (Wildman–Crippen LogP) is 3.93. The van der Waals surface area contributed by atoms with Crippen LogP contribution in [0.5, 0.6) is 0 Å².